The fourth-order valence-electron chi connectivity index (χ4n) is 2.45. The minimum absolute atomic E-state index is 0.222. The van der Waals surface area contributed by atoms with Crippen molar-refractivity contribution < 1.29 is 9.32 Å². The van der Waals surface area contributed by atoms with E-state index in [-0.39, 0.29) is 5.91 Å². The number of thiazole rings is 1. The van der Waals surface area contributed by atoms with Crippen LogP contribution in [0, 0.1) is 20.8 Å². The SMILES string of the molecule is CCc1noc(C)c1C(=O)Nc1nc(-c2cc(C)sc2C)cs1. The molecule has 0 saturated heterocycles. The second-order valence-electron chi connectivity index (χ2n) is 5.23. The summed E-state index contributed by atoms with van der Waals surface area (Å²) in [6, 6.07) is 2.12. The number of amides is 1. The third-order valence-electron chi connectivity index (χ3n) is 3.54. The van der Waals surface area contributed by atoms with Crippen LogP contribution in [0.5, 0.6) is 0 Å². The van der Waals surface area contributed by atoms with Gasteiger partial charge in [-0.25, -0.2) is 4.98 Å². The Bertz CT molecular complexity index is 861. The summed E-state index contributed by atoms with van der Waals surface area (Å²) >= 11 is 3.17. The summed E-state index contributed by atoms with van der Waals surface area (Å²) in [5.41, 5.74) is 3.19. The van der Waals surface area contributed by atoms with Crippen LogP contribution in [0.3, 0.4) is 0 Å². The quantitative estimate of drug-likeness (QED) is 0.749. The highest BCUT2D eigenvalue weighted by Crippen LogP contribution is 2.32. The summed E-state index contributed by atoms with van der Waals surface area (Å²) in [6.07, 6.45) is 0.649. The monoisotopic (exact) mass is 347 g/mol. The molecule has 0 radical (unpaired) electrons. The maximum absolute atomic E-state index is 12.5. The maximum atomic E-state index is 12.5. The molecule has 3 aromatic rings. The molecule has 3 rings (SSSR count). The number of hydrogen-bond donors (Lipinski definition) is 1. The lowest BCUT2D eigenvalue weighted by atomic mass is 10.1. The number of carbonyl (C=O) groups excluding carboxylic acids is 1. The first-order chi connectivity index (χ1) is 11.0. The zero-order valence-electron chi connectivity index (χ0n) is 13.4. The van der Waals surface area contributed by atoms with E-state index in [0.717, 1.165) is 11.3 Å². The fourth-order valence-corrected chi connectivity index (χ4v) is 4.09. The molecule has 0 atom stereocenters. The third kappa shape index (κ3) is 3.07. The molecule has 7 heteroatoms. The van der Waals surface area contributed by atoms with E-state index in [0.29, 0.717) is 28.6 Å². The van der Waals surface area contributed by atoms with Crippen LogP contribution in [0.1, 0.15) is 38.5 Å². The van der Waals surface area contributed by atoms with Crippen molar-refractivity contribution in [3.8, 4) is 11.3 Å². The van der Waals surface area contributed by atoms with Gasteiger partial charge < -0.3 is 4.52 Å². The molecule has 1 N–H and O–H groups in total. The molecule has 0 aliphatic heterocycles. The van der Waals surface area contributed by atoms with Gasteiger partial charge in [0.05, 0.1) is 11.4 Å². The summed E-state index contributed by atoms with van der Waals surface area (Å²) < 4.78 is 5.11. The lowest BCUT2D eigenvalue weighted by molar-refractivity contribution is 0.102. The van der Waals surface area contributed by atoms with E-state index >= 15 is 0 Å². The molecule has 0 saturated carbocycles. The van der Waals surface area contributed by atoms with Crippen molar-refractivity contribution in [3.63, 3.8) is 0 Å². The van der Waals surface area contributed by atoms with Gasteiger partial charge in [0.2, 0.25) is 0 Å². The summed E-state index contributed by atoms with van der Waals surface area (Å²) in [5.74, 6) is 0.306. The molecule has 0 spiro atoms. The average molecular weight is 347 g/mol. The second kappa shape index (κ2) is 6.25. The van der Waals surface area contributed by atoms with Crippen LogP contribution < -0.4 is 5.32 Å². The Labute approximate surface area is 142 Å². The molecular weight excluding hydrogens is 330 g/mol. The molecule has 0 bridgehead atoms. The van der Waals surface area contributed by atoms with Gasteiger partial charge in [-0.1, -0.05) is 12.1 Å². The number of anilines is 1. The standard InChI is InChI=1S/C16H17N3O2S2/c1-5-12-14(9(3)21-19-12)15(20)18-16-17-13(7-22-16)11-6-8(2)23-10(11)4/h6-7H,5H2,1-4H3,(H,17,18,20). The molecule has 3 heterocycles. The number of carbonyl (C=O) groups is 1. The summed E-state index contributed by atoms with van der Waals surface area (Å²) in [4.78, 5) is 19.5. The van der Waals surface area contributed by atoms with Crippen LogP contribution in [0.25, 0.3) is 11.3 Å². The topological polar surface area (TPSA) is 68.0 Å². The molecule has 120 valence electrons. The molecule has 1 amide bonds. The summed E-state index contributed by atoms with van der Waals surface area (Å²) in [7, 11) is 0. The highest BCUT2D eigenvalue weighted by Gasteiger charge is 2.20. The van der Waals surface area contributed by atoms with Crippen molar-refractivity contribution in [2.45, 2.75) is 34.1 Å². The van der Waals surface area contributed by atoms with Gasteiger partial charge in [-0.05, 0) is 33.3 Å². The molecule has 0 fully saturated rings. The Hall–Kier alpha value is -1.99. The number of aromatic nitrogens is 2. The van der Waals surface area contributed by atoms with Crippen LogP contribution in [0.2, 0.25) is 0 Å². The van der Waals surface area contributed by atoms with Crippen molar-refractivity contribution in [2.24, 2.45) is 0 Å². The normalized spacial score (nSPS) is 11.0. The van der Waals surface area contributed by atoms with Crippen LogP contribution in [-0.4, -0.2) is 16.0 Å². The molecule has 0 aliphatic rings. The average Bonchev–Trinajstić information content (AvgIpc) is 3.18. The van der Waals surface area contributed by atoms with E-state index in [4.69, 9.17) is 4.52 Å². The van der Waals surface area contributed by atoms with E-state index in [1.807, 2.05) is 12.3 Å². The second-order valence-corrected chi connectivity index (χ2v) is 7.55. The number of thiophene rings is 1. The lowest BCUT2D eigenvalue weighted by Crippen LogP contribution is -2.14. The third-order valence-corrected chi connectivity index (χ3v) is 5.26. The van der Waals surface area contributed by atoms with E-state index in [2.05, 4.69) is 35.4 Å². The van der Waals surface area contributed by atoms with Crippen LogP contribution in [0.4, 0.5) is 5.13 Å². The van der Waals surface area contributed by atoms with Crippen molar-refractivity contribution in [1.29, 1.82) is 0 Å². The maximum Gasteiger partial charge on any atom is 0.262 e. The van der Waals surface area contributed by atoms with Gasteiger partial charge in [-0.3, -0.25) is 10.1 Å². The van der Waals surface area contributed by atoms with Crippen molar-refractivity contribution in [2.75, 3.05) is 5.32 Å². The molecular formula is C16H17N3O2S2. The predicted molar refractivity (Wildman–Crippen MR) is 93.5 cm³/mol. The zero-order valence-corrected chi connectivity index (χ0v) is 15.0. The number of rotatable bonds is 4. The van der Waals surface area contributed by atoms with Crippen LogP contribution >= 0.6 is 22.7 Å². The number of aryl methyl sites for hydroxylation is 4. The molecule has 0 aliphatic carbocycles. The van der Waals surface area contributed by atoms with E-state index in [1.54, 1.807) is 18.3 Å². The molecule has 3 aromatic heterocycles. The first-order valence-electron chi connectivity index (χ1n) is 7.29. The smallest absolute Gasteiger partial charge is 0.262 e. The fraction of sp³-hybridized carbons (Fsp3) is 0.312. The van der Waals surface area contributed by atoms with Gasteiger partial charge in [0, 0.05) is 20.7 Å². The van der Waals surface area contributed by atoms with Gasteiger partial charge in [0.25, 0.3) is 5.91 Å². The molecule has 5 nitrogen and oxygen atoms in total. The van der Waals surface area contributed by atoms with Gasteiger partial charge in [0.1, 0.15) is 11.3 Å². The van der Waals surface area contributed by atoms with Gasteiger partial charge in [-0.15, -0.1) is 22.7 Å². The molecule has 0 aromatic carbocycles. The van der Waals surface area contributed by atoms with Crippen molar-refractivity contribution >= 4 is 33.7 Å². The highest BCUT2D eigenvalue weighted by molar-refractivity contribution is 7.14. The number of nitrogens with zero attached hydrogens (tertiary/aromatic N) is 2. The Morgan fingerprint density at radius 2 is 2.13 bits per heavy atom. The van der Waals surface area contributed by atoms with E-state index < -0.39 is 0 Å². The summed E-state index contributed by atoms with van der Waals surface area (Å²) in [5, 5.41) is 9.30. The van der Waals surface area contributed by atoms with E-state index in [1.165, 1.54) is 21.1 Å². The number of hydrogen-bond acceptors (Lipinski definition) is 6. The predicted octanol–water partition coefficient (Wildman–Crippen LogP) is 4.60. The van der Waals surface area contributed by atoms with Crippen molar-refractivity contribution in [3.05, 3.63) is 38.2 Å². The highest BCUT2D eigenvalue weighted by atomic mass is 32.1. The Morgan fingerprint density at radius 1 is 1.35 bits per heavy atom. The Morgan fingerprint density at radius 3 is 2.78 bits per heavy atom. The van der Waals surface area contributed by atoms with Gasteiger partial charge in [-0.2, -0.15) is 0 Å². The Kier molecular flexibility index (Phi) is 4.32. The minimum atomic E-state index is -0.222. The van der Waals surface area contributed by atoms with Gasteiger partial charge >= 0.3 is 0 Å². The minimum Gasteiger partial charge on any atom is -0.361 e. The first kappa shape index (κ1) is 15.9. The summed E-state index contributed by atoms with van der Waals surface area (Å²) in [6.45, 7) is 7.85. The van der Waals surface area contributed by atoms with E-state index in [9.17, 15) is 4.79 Å². The number of nitrogens with one attached hydrogen (secondary N) is 1. The first-order valence-corrected chi connectivity index (χ1v) is 8.98. The van der Waals surface area contributed by atoms with Crippen LogP contribution in [0.15, 0.2) is 16.0 Å². The van der Waals surface area contributed by atoms with Gasteiger partial charge in [0.15, 0.2) is 5.13 Å². The van der Waals surface area contributed by atoms with Crippen LogP contribution in [-0.2, 0) is 6.42 Å². The molecule has 0 unspecified atom stereocenters. The zero-order chi connectivity index (χ0) is 16.6. The Balaban J connectivity index is 1.83. The largest absolute Gasteiger partial charge is 0.361 e. The molecule has 23 heavy (non-hydrogen) atoms. The lowest BCUT2D eigenvalue weighted by Gasteiger charge is -2.01. The van der Waals surface area contributed by atoms with Crippen molar-refractivity contribution in [1.82, 2.24) is 10.1 Å².